The average Bonchev–Trinajstić information content (AvgIpc) is 2.93. The van der Waals surface area contributed by atoms with Gasteiger partial charge in [0.1, 0.15) is 0 Å². The largest absolute Gasteiger partial charge is 0.0610 e. The van der Waals surface area contributed by atoms with Crippen molar-refractivity contribution in [3.05, 3.63) is 109 Å². The first-order valence-electron chi connectivity index (χ1n) is 12.7. The van der Waals surface area contributed by atoms with Crippen molar-refractivity contribution in [1.82, 2.24) is 0 Å². The van der Waals surface area contributed by atoms with Crippen LogP contribution in [0.3, 0.4) is 0 Å². The molecule has 0 unspecified atom stereocenters. The predicted octanol–water partition coefficient (Wildman–Crippen LogP) is 10.4. The van der Waals surface area contributed by atoms with Gasteiger partial charge < -0.3 is 0 Å². The molecule has 0 bridgehead atoms. The molecule has 0 nitrogen and oxygen atoms in total. The van der Waals surface area contributed by atoms with Crippen LogP contribution in [0, 0.1) is 0 Å². The predicted molar refractivity (Wildman–Crippen MR) is 158 cm³/mol. The summed E-state index contributed by atoms with van der Waals surface area (Å²) in [6.45, 7) is 0. The Hall–Kier alpha value is -4.68. The van der Waals surface area contributed by atoms with Gasteiger partial charge in [-0.2, -0.15) is 0 Å². The van der Waals surface area contributed by atoms with Gasteiger partial charge >= 0.3 is 0 Å². The molecule has 0 aliphatic rings. The van der Waals surface area contributed by atoms with Gasteiger partial charge in [0.2, 0.25) is 0 Å². The second-order valence-electron chi connectivity index (χ2n) is 10.4. The van der Waals surface area contributed by atoms with Crippen LogP contribution >= 0.6 is 0 Å². The summed E-state index contributed by atoms with van der Waals surface area (Å²) in [4.78, 5) is 0. The van der Waals surface area contributed by atoms with E-state index in [1.807, 2.05) is 0 Å². The molecule has 10 aromatic carbocycles. The first-order chi connectivity index (χ1) is 17.9. The molecule has 0 N–H and O–H groups in total. The molecule has 0 fully saturated rings. The lowest BCUT2D eigenvalue weighted by Crippen LogP contribution is -1.94. The van der Waals surface area contributed by atoms with Crippen LogP contribution in [0.2, 0.25) is 0 Å². The minimum Gasteiger partial charge on any atom is -0.0610 e. The summed E-state index contributed by atoms with van der Waals surface area (Å²) in [5, 5.41) is 24.6. The van der Waals surface area contributed by atoms with Gasteiger partial charge in [-0.15, -0.1) is 0 Å². The van der Waals surface area contributed by atoms with Crippen LogP contribution in [0.15, 0.2) is 109 Å². The van der Waals surface area contributed by atoms with Crippen molar-refractivity contribution in [3.8, 4) is 0 Å². The first kappa shape index (κ1) is 17.7. The molecule has 0 saturated carbocycles. The molecule has 36 heavy (non-hydrogen) atoms. The average molecular weight is 451 g/mol. The normalized spacial score (nSPS) is 13.0. The summed E-state index contributed by atoms with van der Waals surface area (Å²) in [5.41, 5.74) is 0. The van der Waals surface area contributed by atoms with E-state index < -0.39 is 0 Å². The molecule has 10 rings (SSSR count). The van der Waals surface area contributed by atoms with Crippen molar-refractivity contribution in [3.63, 3.8) is 0 Å². The van der Waals surface area contributed by atoms with E-state index >= 15 is 0 Å². The second kappa shape index (κ2) is 5.75. The first-order valence-corrected chi connectivity index (χ1v) is 12.7. The fourth-order valence-corrected chi connectivity index (χ4v) is 7.50. The molecule has 0 saturated heterocycles. The Morgan fingerprint density at radius 2 is 0.583 bits per heavy atom. The van der Waals surface area contributed by atoms with Gasteiger partial charge in [-0.05, 0) is 115 Å². The fraction of sp³-hybridized carbons (Fsp3) is 0. The van der Waals surface area contributed by atoms with E-state index in [2.05, 4.69) is 109 Å². The van der Waals surface area contributed by atoms with Crippen LogP contribution < -0.4 is 0 Å². The van der Waals surface area contributed by atoms with E-state index in [-0.39, 0.29) is 0 Å². The maximum absolute atomic E-state index is 2.50. The van der Waals surface area contributed by atoms with Crippen LogP contribution in [0.1, 0.15) is 0 Å². The van der Waals surface area contributed by atoms with E-state index in [1.165, 1.54) is 97.0 Å². The lowest BCUT2D eigenvalue weighted by atomic mass is 9.80. The van der Waals surface area contributed by atoms with Gasteiger partial charge in [0.25, 0.3) is 0 Å². The lowest BCUT2D eigenvalue weighted by molar-refractivity contribution is 1.80. The summed E-state index contributed by atoms with van der Waals surface area (Å²) in [6.07, 6.45) is 0. The summed E-state index contributed by atoms with van der Waals surface area (Å²) in [7, 11) is 0. The molecule has 0 amide bonds. The van der Waals surface area contributed by atoms with E-state index in [4.69, 9.17) is 0 Å². The van der Waals surface area contributed by atoms with Crippen molar-refractivity contribution < 1.29 is 0 Å². The third-order valence-corrected chi connectivity index (χ3v) is 8.81. The zero-order valence-electron chi connectivity index (χ0n) is 19.4. The SMILES string of the molecule is c1cc2cc3c4cccc5cccc(c6cc7c8cccc9cccc(c%10cc(c1)c2c(c36)c%107)c98)c54. The standard InChI is InChI=1S/C36H18/c1-10-21-16-27-23-12-2-6-19-8-4-14-25(32(19)23)29-18-30-26-15-5-9-20-7-3-13-24(33(20)26)28-17-22(11-1)31(21)36(34(27)29)35(28)30/h1-18H. The number of benzene rings is 10. The van der Waals surface area contributed by atoms with Gasteiger partial charge in [0.05, 0.1) is 0 Å². The molecule has 0 aromatic heterocycles. The Morgan fingerprint density at radius 1 is 0.222 bits per heavy atom. The highest BCUT2D eigenvalue weighted by Gasteiger charge is 2.22. The van der Waals surface area contributed by atoms with Crippen molar-refractivity contribution in [2.75, 3.05) is 0 Å². The zero-order chi connectivity index (χ0) is 23.1. The molecule has 0 aliphatic carbocycles. The minimum atomic E-state index is 1.32. The van der Waals surface area contributed by atoms with Crippen molar-refractivity contribution in [2.24, 2.45) is 0 Å². The molecular weight excluding hydrogens is 432 g/mol. The van der Waals surface area contributed by atoms with Gasteiger partial charge in [0.15, 0.2) is 0 Å². The van der Waals surface area contributed by atoms with Gasteiger partial charge in [-0.1, -0.05) is 91.0 Å². The summed E-state index contributed by atoms with van der Waals surface area (Å²) in [6, 6.07) is 41.4. The monoisotopic (exact) mass is 450 g/mol. The van der Waals surface area contributed by atoms with Gasteiger partial charge in [-0.25, -0.2) is 0 Å². The van der Waals surface area contributed by atoms with Crippen LogP contribution in [0.25, 0.3) is 97.0 Å². The van der Waals surface area contributed by atoms with Crippen molar-refractivity contribution in [2.45, 2.75) is 0 Å². The van der Waals surface area contributed by atoms with E-state index in [0.29, 0.717) is 0 Å². The molecule has 0 heterocycles. The quantitative estimate of drug-likeness (QED) is 0.159. The molecular formula is C36H18. The molecule has 0 aliphatic heterocycles. The maximum Gasteiger partial charge on any atom is -0.000181 e. The summed E-state index contributed by atoms with van der Waals surface area (Å²) < 4.78 is 0. The highest BCUT2D eigenvalue weighted by molar-refractivity contribution is 6.47. The third kappa shape index (κ3) is 1.83. The Labute approximate surface area is 206 Å². The maximum atomic E-state index is 2.50. The highest BCUT2D eigenvalue weighted by Crippen LogP contribution is 2.51. The number of fused-ring (bicyclic) bond motifs is 4. The Balaban J connectivity index is 1.70. The van der Waals surface area contributed by atoms with Crippen LogP contribution in [0.5, 0.6) is 0 Å². The topological polar surface area (TPSA) is 0 Å². The fourth-order valence-electron chi connectivity index (χ4n) is 7.50. The van der Waals surface area contributed by atoms with E-state index in [0.717, 1.165) is 0 Å². The smallest absolute Gasteiger partial charge is 0.000181 e. The molecule has 10 aromatic rings. The molecule has 0 radical (unpaired) electrons. The Bertz CT molecular complexity index is 2330. The van der Waals surface area contributed by atoms with Crippen LogP contribution in [-0.2, 0) is 0 Å². The van der Waals surface area contributed by atoms with Crippen molar-refractivity contribution in [1.29, 1.82) is 0 Å². The number of rotatable bonds is 0. The van der Waals surface area contributed by atoms with Gasteiger partial charge in [-0.3, -0.25) is 0 Å². The molecule has 0 heteroatoms. The Morgan fingerprint density at radius 3 is 1.03 bits per heavy atom. The highest BCUT2D eigenvalue weighted by atomic mass is 14.2. The Kier molecular flexibility index (Phi) is 2.83. The zero-order valence-corrected chi connectivity index (χ0v) is 19.4. The van der Waals surface area contributed by atoms with E-state index in [9.17, 15) is 0 Å². The summed E-state index contributed by atoms with van der Waals surface area (Å²) in [5.74, 6) is 0. The molecule has 0 atom stereocenters. The third-order valence-electron chi connectivity index (χ3n) is 8.81. The minimum absolute atomic E-state index is 1.32. The van der Waals surface area contributed by atoms with Gasteiger partial charge in [0, 0.05) is 0 Å². The van der Waals surface area contributed by atoms with E-state index in [1.54, 1.807) is 0 Å². The van der Waals surface area contributed by atoms with Crippen LogP contribution in [0.4, 0.5) is 0 Å². The lowest BCUT2D eigenvalue weighted by Gasteiger charge is -2.22. The summed E-state index contributed by atoms with van der Waals surface area (Å²) >= 11 is 0. The van der Waals surface area contributed by atoms with Crippen LogP contribution in [-0.4, -0.2) is 0 Å². The molecule has 0 spiro atoms. The number of hydrogen-bond acceptors (Lipinski definition) is 0. The second-order valence-corrected chi connectivity index (χ2v) is 10.4. The molecule has 162 valence electrons. The van der Waals surface area contributed by atoms with Crippen molar-refractivity contribution >= 4 is 97.0 Å². The number of hydrogen-bond donors (Lipinski definition) is 0.